The first-order valence-corrected chi connectivity index (χ1v) is 8.28. The van der Waals surface area contributed by atoms with E-state index in [1.165, 1.54) is 6.26 Å². The van der Waals surface area contributed by atoms with Crippen molar-refractivity contribution >= 4 is 11.6 Å². The minimum absolute atomic E-state index is 0.257. The standard InChI is InChI=1S/C21H17N3O2/c1-15-9-11-16(12-10-15)20-18(22-21(25)19-8-5-13-26-19)14-24(23-20)17-6-3-2-4-7-17/h2-14H,1H3,(H,22,25). The third-order valence-corrected chi connectivity index (χ3v) is 4.05. The highest BCUT2D eigenvalue weighted by Gasteiger charge is 2.17. The molecule has 1 amide bonds. The van der Waals surface area contributed by atoms with Gasteiger partial charge in [-0.2, -0.15) is 5.10 Å². The summed E-state index contributed by atoms with van der Waals surface area (Å²) in [5.74, 6) is -0.0525. The van der Waals surface area contributed by atoms with Crippen LogP contribution in [0, 0.1) is 6.92 Å². The molecule has 4 aromatic rings. The average Bonchev–Trinajstić information content (AvgIpc) is 3.33. The molecule has 5 heteroatoms. The van der Waals surface area contributed by atoms with Crippen molar-refractivity contribution in [2.24, 2.45) is 0 Å². The van der Waals surface area contributed by atoms with Crippen molar-refractivity contribution in [1.82, 2.24) is 9.78 Å². The van der Waals surface area contributed by atoms with Gasteiger partial charge in [0.05, 0.1) is 23.8 Å². The topological polar surface area (TPSA) is 60.1 Å². The molecule has 0 aliphatic heterocycles. The maximum Gasteiger partial charge on any atom is 0.291 e. The highest BCUT2D eigenvalue weighted by molar-refractivity contribution is 6.04. The molecule has 0 spiro atoms. The van der Waals surface area contributed by atoms with Gasteiger partial charge in [0.1, 0.15) is 5.69 Å². The first-order chi connectivity index (χ1) is 12.7. The van der Waals surface area contributed by atoms with Gasteiger partial charge in [0.2, 0.25) is 0 Å². The van der Waals surface area contributed by atoms with Crippen LogP contribution in [0.25, 0.3) is 16.9 Å². The monoisotopic (exact) mass is 343 g/mol. The third kappa shape index (κ3) is 3.15. The van der Waals surface area contributed by atoms with Crippen molar-refractivity contribution in [3.63, 3.8) is 0 Å². The Balaban J connectivity index is 1.76. The first-order valence-electron chi connectivity index (χ1n) is 8.28. The number of aryl methyl sites for hydroxylation is 1. The molecule has 5 nitrogen and oxygen atoms in total. The average molecular weight is 343 g/mol. The van der Waals surface area contributed by atoms with Crippen molar-refractivity contribution in [3.8, 4) is 16.9 Å². The van der Waals surface area contributed by atoms with E-state index in [-0.39, 0.29) is 11.7 Å². The molecule has 2 aromatic carbocycles. The number of rotatable bonds is 4. The molecule has 0 aliphatic carbocycles. The lowest BCUT2D eigenvalue weighted by Gasteiger charge is -2.04. The van der Waals surface area contributed by atoms with E-state index < -0.39 is 0 Å². The number of benzene rings is 2. The molecule has 26 heavy (non-hydrogen) atoms. The summed E-state index contributed by atoms with van der Waals surface area (Å²) in [5, 5.41) is 7.59. The van der Waals surface area contributed by atoms with Crippen molar-refractivity contribution < 1.29 is 9.21 Å². The van der Waals surface area contributed by atoms with Gasteiger partial charge in [-0.15, -0.1) is 0 Å². The summed E-state index contributed by atoms with van der Waals surface area (Å²) in [7, 11) is 0. The lowest BCUT2D eigenvalue weighted by atomic mass is 10.1. The normalized spacial score (nSPS) is 10.7. The molecular weight excluding hydrogens is 326 g/mol. The molecule has 2 aromatic heterocycles. The maximum absolute atomic E-state index is 12.4. The summed E-state index contributed by atoms with van der Waals surface area (Å²) >= 11 is 0. The van der Waals surface area contributed by atoms with Gasteiger partial charge in [0.25, 0.3) is 5.91 Å². The molecule has 0 aliphatic rings. The smallest absolute Gasteiger partial charge is 0.291 e. The van der Waals surface area contributed by atoms with Crippen LogP contribution in [0.5, 0.6) is 0 Å². The minimum atomic E-state index is -0.309. The number of hydrogen-bond donors (Lipinski definition) is 1. The van der Waals surface area contributed by atoms with Gasteiger partial charge >= 0.3 is 0 Å². The Morgan fingerprint density at radius 2 is 1.77 bits per heavy atom. The van der Waals surface area contributed by atoms with Gasteiger partial charge in [0.15, 0.2) is 5.76 Å². The number of nitrogens with zero attached hydrogens (tertiary/aromatic N) is 2. The number of carbonyl (C=O) groups excluding carboxylic acids is 1. The van der Waals surface area contributed by atoms with Crippen molar-refractivity contribution in [2.45, 2.75) is 6.92 Å². The van der Waals surface area contributed by atoms with Crippen LogP contribution in [-0.2, 0) is 0 Å². The van der Waals surface area contributed by atoms with Crippen molar-refractivity contribution in [1.29, 1.82) is 0 Å². The fourth-order valence-corrected chi connectivity index (χ4v) is 2.69. The summed E-state index contributed by atoms with van der Waals surface area (Å²) in [6.07, 6.45) is 3.29. The van der Waals surface area contributed by atoms with Crippen molar-refractivity contribution in [2.75, 3.05) is 5.32 Å². The fourth-order valence-electron chi connectivity index (χ4n) is 2.69. The number of amides is 1. The van der Waals surface area contributed by atoms with Gasteiger partial charge < -0.3 is 9.73 Å². The van der Waals surface area contributed by atoms with Gasteiger partial charge in [-0.05, 0) is 31.2 Å². The number of furan rings is 1. The Morgan fingerprint density at radius 3 is 2.46 bits per heavy atom. The van der Waals surface area contributed by atoms with Crippen LogP contribution >= 0.6 is 0 Å². The van der Waals surface area contributed by atoms with Gasteiger partial charge in [-0.3, -0.25) is 4.79 Å². The molecular formula is C21H17N3O2. The number of hydrogen-bond acceptors (Lipinski definition) is 3. The summed E-state index contributed by atoms with van der Waals surface area (Å²) in [4.78, 5) is 12.4. The lowest BCUT2D eigenvalue weighted by molar-refractivity contribution is 0.0996. The van der Waals surface area contributed by atoms with Gasteiger partial charge in [0, 0.05) is 5.56 Å². The molecule has 1 N–H and O–H groups in total. The summed E-state index contributed by atoms with van der Waals surface area (Å²) < 4.78 is 6.94. The Bertz CT molecular complexity index is 1020. The van der Waals surface area contributed by atoms with E-state index in [9.17, 15) is 4.79 Å². The molecule has 0 saturated heterocycles. The number of para-hydroxylation sites is 1. The van der Waals surface area contributed by atoms with Crippen LogP contribution in [0.4, 0.5) is 5.69 Å². The highest BCUT2D eigenvalue weighted by atomic mass is 16.3. The summed E-state index contributed by atoms with van der Waals surface area (Å²) in [6, 6.07) is 21.1. The Labute approximate surface area is 150 Å². The first kappa shape index (κ1) is 15.9. The molecule has 0 bridgehead atoms. The SMILES string of the molecule is Cc1ccc(-c2nn(-c3ccccc3)cc2NC(=O)c2ccco2)cc1. The van der Waals surface area contributed by atoms with Crippen LogP contribution in [-0.4, -0.2) is 15.7 Å². The zero-order valence-electron chi connectivity index (χ0n) is 14.2. The largest absolute Gasteiger partial charge is 0.459 e. The predicted octanol–water partition coefficient (Wildman–Crippen LogP) is 4.69. The second-order valence-electron chi connectivity index (χ2n) is 5.97. The van der Waals surface area contributed by atoms with E-state index in [0.717, 1.165) is 16.8 Å². The number of nitrogens with one attached hydrogen (secondary N) is 1. The zero-order chi connectivity index (χ0) is 17.9. The lowest BCUT2D eigenvalue weighted by Crippen LogP contribution is -2.11. The predicted molar refractivity (Wildman–Crippen MR) is 100 cm³/mol. The molecule has 128 valence electrons. The van der Waals surface area contributed by atoms with E-state index in [2.05, 4.69) is 10.4 Å². The van der Waals surface area contributed by atoms with E-state index in [0.29, 0.717) is 11.4 Å². The Hall–Kier alpha value is -3.60. The van der Waals surface area contributed by atoms with E-state index in [4.69, 9.17) is 4.42 Å². The Kier molecular flexibility index (Phi) is 4.11. The zero-order valence-corrected chi connectivity index (χ0v) is 14.2. The molecule has 0 unspecified atom stereocenters. The number of anilines is 1. The van der Waals surface area contributed by atoms with Crippen LogP contribution in [0.15, 0.2) is 83.6 Å². The molecule has 0 saturated carbocycles. The van der Waals surface area contributed by atoms with Crippen LogP contribution in [0.3, 0.4) is 0 Å². The summed E-state index contributed by atoms with van der Waals surface area (Å²) in [5.41, 5.74) is 4.34. The van der Waals surface area contributed by atoms with Crippen LogP contribution in [0.2, 0.25) is 0 Å². The third-order valence-electron chi connectivity index (χ3n) is 4.05. The fraction of sp³-hybridized carbons (Fsp3) is 0.0476. The number of carbonyl (C=O) groups is 1. The van der Waals surface area contributed by atoms with Crippen LogP contribution < -0.4 is 5.32 Å². The molecule has 0 fully saturated rings. The van der Waals surface area contributed by atoms with Gasteiger partial charge in [-0.25, -0.2) is 4.68 Å². The van der Waals surface area contributed by atoms with Crippen LogP contribution in [0.1, 0.15) is 16.1 Å². The minimum Gasteiger partial charge on any atom is -0.459 e. The highest BCUT2D eigenvalue weighted by Crippen LogP contribution is 2.28. The Morgan fingerprint density at radius 1 is 1.00 bits per heavy atom. The van der Waals surface area contributed by atoms with E-state index in [1.807, 2.05) is 67.7 Å². The number of aromatic nitrogens is 2. The molecule has 2 heterocycles. The molecule has 0 atom stereocenters. The van der Waals surface area contributed by atoms with Gasteiger partial charge in [-0.1, -0.05) is 48.0 Å². The molecule has 0 radical (unpaired) electrons. The van der Waals surface area contributed by atoms with Crippen molar-refractivity contribution in [3.05, 3.63) is 90.5 Å². The summed E-state index contributed by atoms with van der Waals surface area (Å²) in [6.45, 7) is 2.03. The quantitative estimate of drug-likeness (QED) is 0.584. The van der Waals surface area contributed by atoms with E-state index in [1.54, 1.807) is 16.8 Å². The molecule has 4 rings (SSSR count). The van der Waals surface area contributed by atoms with E-state index >= 15 is 0 Å². The second kappa shape index (κ2) is 6.72. The second-order valence-corrected chi connectivity index (χ2v) is 5.97. The maximum atomic E-state index is 12.4.